The topological polar surface area (TPSA) is 37.3 Å². The van der Waals surface area contributed by atoms with Crippen molar-refractivity contribution in [2.75, 3.05) is 24.5 Å². The summed E-state index contributed by atoms with van der Waals surface area (Å²) < 4.78 is 41.4. The van der Waals surface area contributed by atoms with E-state index in [1.165, 1.54) is 4.57 Å². The Morgan fingerprint density at radius 2 is 1.69 bits per heavy atom. The summed E-state index contributed by atoms with van der Waals surface area (Å²) in [6, 6.07) is 15.1. The number of hydrogen-bond donors (Lipinski definition) is 1. The minimum atomic E-state index is -4.46. The van der Waals surface area contributed by atoms with Gasteiger partial charge in [-0.3, -0.25) is 4.79 Å². The van der Waals surface area contributed by atoms with Crippen LogP contribution in [0.4, 0.5) is 18.9 Å². The van der Waals surface area contributed by atoms with Crippen molar-refractivity contribution in [3.05, 3.63) is 65.9 Å². The van der Waals surface area contributed by atoms with Gasteiger partial charge < -0.3 is 14.8 Å². The van der Waals surface area contributed by atoms with E-state index in [0.717, 1.165) is 24.8 Å². The van der Waals surface area contributed by atoms with Gasteiger partial charge in [-0.1, -0.05) is 18.2 Å². The molecular formula is C22H24F3N3O. The van der Waals surface area contributed by atoms with Crippen molar-refractivity contribution in [2.24, 2.45) is 0 Å². The van der Waals surface area contributed by atoms with Crippen LogP contribution < -0.4 is 10.2 Å². The summed E-state index contributed by atoms with van der Waals surface area (Å²) in [5.41, 5.74) is 1.30. The normalized spacial score (nSPS) is 11.6. The van der Waals surface area contributed by atoms with E-state index in [1.807, 2.05) is 12.1 Å². The number of hydrogen-bond acceptors (Lipinski definition) is 2. The number of amides is 1. The molecule has 0 aliphatic heterocycles. The second-order valence-electron chi connectivity index (χ2n) is 6.71. The van der Waals surface area contributed by atoms with Crippen molar-refractivity contribution in [3.8, 4) is 0 Å². The molecule has 2 aromatic carbocycles. The second kappa shape index (κ2) is 8.59. The summed E-state index contributed by atoms with van der Waals surface area (Å²) in [5, 5.41) is 3.24. The molecule has 0 unspecified atom stereocenters. The number of alkyl halides is 3. The van der Waals surface area contributed by atoms with Crippen LogP contribution in [-0.2, 0) is 12.7 Å². The minimum Gasteiger partial charge on any atom is -0.372 e. The average molecular weight is 403 g/mol. The molecule has 0 radical (unpaired) electrons. The molecular weight excluding hydrogens is 379 g/mol. The third-order valence-corrected chi connectivity index (χ3v) is 4.98. The van der Waals surface area contributed by atoms with Crippen LogP contribution >= 0.6 is 0 Å². The lowest BCUT2D eigenvalue weighted by Crippen LogP contribution is -2.28. The molecule has 0 bridgehead atoms. The highest BCUT2D eigenvalue weighted by Crippen LogP contribution is 2.33. The zero-order valence-electron chi connectivity index (χ0n) is 16.5. The Morgan fingerprint density at radius 1 is 1.03 bits per heavy atom. The van der Waals surface area contributed by atoms with E-state index < -0.39 is 11.9 Å². The van der Waals surface area contributed by atoms with Crippen molar-refractivity contribution in [3.63, 3.8) is 0 Å². The van der Waals surface area contributed by atoms with Crippen LogP contribution in [-0.4, -0.2) is 30.1 Å². The quantitative estimate of drug-likeness (QED) is 0.607. The Bertz CT molecular complexity index is 973. The molecule has 0 fully saturated rings. The standard InChI is InChI=1S/C22H24F3N3O/c1-3-27(4-2)18-11-9-16(10-12-18)21(29)26-13-14-28-19-8-6-5-7-17(19)15-20(28)22(23,24)25/h5-12,15H,3-4,13-14H2,1-2H3,(H,26,29). The van der Waals surface area contributed by atoms with Gasteiger partial charge in [0.2, 0.25) is 0 Å². The molecule has 0 saturated heterocycles. The molecule has 154 valence electrons. The molecule has 0 saturated carbocycles. The molecule has 29 heavy (non-hydrogen) atoms. The monoisotopic (exact) mass is 403 g/mol. The predicted molar refractivity (Wildman–Crippen MR) is 109 cm³/mol. The average Bonchev–Trinajstić information content (AvgIpc) is 3.09. The molecule has 0 spiro atoms. The van der Waals surface area contributed by atoms with Crippen molar-refractivity contribution in [1.29, 1.82) is 0 Å². The van der Waals surface area contributed by atoms with Gasteiger partial charge in [0, 0.05) is 48.3 Å². The minimum absolute atomic E-state index is 0.0334. The van der Waals surface area contributed by atoms with Crippen LogP contribution in [0.15, 0.2) is 54.6 Å². The summed E-state index contributed by atoms with van der Waals surface area (Å²) in [6.45, 7) is 5.99. The Labute approximate surface area is 167 Å². The van der Waals surface area contributed by atoms with Gasteiger partial charge in [0.25, 0.3) is 5.91 Å². The van der Waals surface area contributed by atoms with E-state index in [4.69, 9.17) is 0 Å². The first-order chi connectivity index (χ1) is 13.8. The lowest BCUT2D eigenvalue weighted by molar-refractivity contribution is -0.143. The highest BCUT2D eigenvalue weighted by Gasteiger charge is 2.35. The van der Waals surface area contributed by atoms with Gasteiger partial charge in [0.1, 0.15) is 5.69 Å². The van der Waals surface area contributed by atoms with Crippen LogP contribution in [0.3, 0.4) is 0 Å². The fourth-order valence-corrected chi connectivity index (χ4v) is 3.48. The van der Waals surface area contributed by atoms with E-state index in [2.05, 4.69) is 24.1 Å². The maximum atomic E-state index is 13.4. The second-order valence-corrected chi connectivity index (χ2v) is 6.71. The van der Waals surface area contributed by atoms with Gasteiger partial charge in [0.15, 0.2) is 0 Å². The molecule has 7 heteroatoms. The summed E-state index contributed by atoms with van der Waals surface area (Å²) in [6.07, 6.45) is -4.46. The van der Waals surface area contributed by atoms with Gasteiger partial charge in [-0.2, -0.15) is 13.2 Å². The Balaban J connectivity index is 1.69. The van der Waals surface area contributed by atoms with Crippen molar-refractivity contribution in [2.45, 2.75) is 26.6 Å². The smallest absolute Gasteiger partial charge is 0.372 e. The zero-order chi connectivity index (χ0) is 21.0. The first-order valence-electron chi connectivity index (χ1n) is 9.63. The maximum absolute atomic E-state index is 13.4. The number of carbonyl (C=O) groups excluding carboxylic acids is 1. The molecule has 3 rings (SSSR count). The van der Waals surface area contributed by atoms with Crippen molar-refractivity contribution in [1.82, 2.24) is 9.88 Å². The Kier molecular flexibility index (Phi) is 6.15. The number of benzene rings is 2. The van der Waals surface area contributed by atoms with Crippen molar-refractivity contribution < 1.29 is 18.0 Å². The van der Waals surface area contributed by atoms with Gasteiger partial charge in [0.05, 0.1) is 0 Å². The molecule has 4 nitrogen and oxygen atoms in total. The third-order valence-electron chi connectivity index (χ3n) is 4.98. The first kappa shape index (κ1) is 20.8. The van der Waals surface area contributed by atoms with Crippen molar-refractivity contribution >= 4 is 22.5 Å². The van der Waals surface area contributed by atoms with Gasteiger partial charge in [-0.25, -0.2) is 0 Å². The molecule has 1 amide bonds. The lowest BCUT2D eigenvalue weighted by Gasteiger charge is -2.21. The Morgan fingerprint density at radius 3 is 2.31 bits per heavy atom. The predicted octanol–water partition coefficient (Wildman–Crippen LogP) is 4.94. The number of halogens is 3. The van der Waals surface area contributed by atoms with E-state index in [0.29, 0.717) is 16.5 Å². The molecule has 0 atom stereocenters. The van der Waals surface area contributed by atoms with Gasteiger partial charge in [-0.15, -0.1) is 0 Å². The van der Waals surface area contributed by atoms with Crippen LogP contribution in [0.2, 0.25) is 0 Å². The third kappa shape index (κ3) is 4.55. The van der Waals surface area contributed by atoms with Crippen LogP contribution in [0.1, 0.15) is 29.9 Å². The number of fused-ring (bicyclic) bond motifs is 1. The summed E-state index contributed by atoms with van der Waals surface area (Å²) >= 11 is 0. The SMILES string of the molecule is CCN(CC)c1ccc(C(=O)NCCn2c(C(F)(F)F)cc3ccccc32)cc1. The fourth-order valence-electron chi connectivity index (χ4n) is 3.48. The van der Waals surface area contributed by atoms with Crippen LogP contribution in [0.5, 0.6) is 0 Å². The number of nitrogens with zero attached hydrogens (tertiary/aromatic N) is 2. The number of anilines is 1. The van der Waals surface area contributed by atoms with E-state index in [1.54, 1.807) is 36.4 Å². The zero-order valence-corrected chi connectivity index (χ0v) is 16.5. The summed E-state index contributed by atoms with van der Waals surface area (Å²) in [4.78, 5) is 14.5. The van der Waals surface area contributed by atoms with E-state index >= 15 is 0 Å². The largest absolute Gasteiger partial charge is 0.431 e. The molecule has 1 heterocycles. The molecule has 0 aliphatic rings. The fraction of sp³-hybridized carbons (Fsp3) is 0.318. The maximum Gasteiger partial charge on any atom is 0.431 e. The highest BCUT2D eigenvalue weighted by atomic mass is 19.4. The number of nitrogens with one attached hydrogen (secondary N) is 1. The molecule has 1 aromatic heterocycles. The molecule has 0 aliphatic carbocycles. The summed E-state index contributed by atoms with van der Waals surface area (Å²) in [7, 11) is 0. The summed E-state index contributed by atoms with van der Waals surface area (Å²) in [5.74, 6) is -0.305. The number of carbonyl (C=O) groups is 1. The number of rotatable bonds is 7. The van der Waals surface area contributed by atoms with Gasteiger partial charge >= 0.3 is 6.18 Å². The van der Waals surface area contributed by atoms with E-state index in [-0.39, 0.29) is 19.0 Å². The lowest BCUT2D eigenvalue weighted by atomic mass is 10.2. The number of aromatic nitrogens is 1. The first-order valence-corrected chi connectivity index (χ1v) is 9.63. The molecule has 3 aromatic rings. The van der Waals surface area contributed by atoms with Gasteiger partial charge in [-0.05, 0) is 50.2 Å². The number of para-hydroxylation sites is 1. The van der Waals surface area contributed by atoms with Crippen LogP contribution in [0, 0.1) is 0 Å². The van der Waals surface area contributed by atoms with E-state index in [9.17, 15) is 18.0 Å². The Hall–Kier alpha value is -2.96. The van der Waals surface area contributed by atoms with Crippen LogP contribution in [0.25, 0.3) is 10.9 Å². The highest BCUT2D eigenvalue weighted by molar-refractivity contribution is 5.94. The molecule has 1 N–H and O–H groups in total.